The molecule has 0 bridgehead atoms. The van der Waals surface area contributed by atoms with Gasteiger partial charge in [-0.15, -0.1) is 0 Å². The second-order valence-electron chi connectivity index (χ2n) is 11.1. The summed E-state index contributed by atoms with van der Waals surface area (Å²) in [6.45, 7) is 8.22. The van der Waals surface area contributed by atoms with Crippen LogP contribution in [-0.4, -0.2) is 38.0 Å². The van der Waals surface area contributed by atoms with Gasteiger partial charge < -0.3 is 18.9 Å². The maximum Gasteiger partial charge on any atom is 0.172 e. The van der Waals surface area contributed by atoms with Gasteiger partial charge in [0, 0.05) is 25.2 Å². The Hall–Kier alpha value is -0.160. The number of hydrogen-bond donors (Lipinski definition) is 0. The molecule has 4 saturated carbocycles. The van der Waals surface area contributed by atoms with E-state index in [1.54, 1.807) is 0 Å². The highest BCUT2D eigenvalue weighted by molar-refractivity contribution is 5.14. The monoisotopic (exact) mass is 376 g/mol. The zero-order valence-electron chi connectivity index (χ0n) is 17.1. The predicted molar refractivity (Wildman–Crippen MR) is 101 cm³/mol. The molecule has 0 N–H and O–H groups in total. The molecule has 2 heterocycles. The van der Waals surface area contributed by atoms with Crippen LogP contribution in [-0.2, 0) is 18.9 Å². The van der Waals surface area contributed by atoms with E-state index >= 15 is 0 Å². The van der Waals surface area contributed by atoms with Crippen LogP contribution in [0, 0.1) is 34.5 Å². The van der Waals surface area contributed by atoms with E-state index in [1.165, 1.54) is 38.5 Å². The van der Waals surface area contributed by atoms with Gasteiger partial charge in [-0.2, -0.15) is 0 Å². The van der Waals surface area contributed by atoms with Crippen molar-refractivity contribution in [1.29, 1.82) is 0 Å². The molecule has 0 amide bonds. The average Bonchev–Trinajstić information content (AvgIpc) is 3.37. The van der Waals surface area contributed by atoms with Crippen molar-refractivity contribution in [2.45, 2.75) is 83.2 Å². The Morgan fingerprint density at radius 2 is 1.44 bits per heavy atom. The highest BCUT2D eigenvalue weighted by Crippen LogP contribution is 2.70. The molecule has 4 nitrogen and oxygen atoms in total. The van der Waals surface area contributed by atoms with Crippen LogP contribution in [0.25, 0.3) is 0 Å². The van der Waals surface area contributed by atoms with E-state index in [4.69, 9.17) is 18.9 Å². The molecule has 0 radical (unpaired) electrons. The Labute approximate surface area is 163 Å². The number of ether oxygens (including phenoxy) is 4. The lowest BCUT2D eigenvalue weighted by Gasteiger charge is -2.65. The Bertz CT molecular complexity index is 607. The molecule has 4 heteroatoms. The molecule has 6 aliphatic rings. The molecule has 6 fully saturated rings. The summed E-state index contributed by atoms with van der Waals surface area (Å²) in [5, 5.41) is 0. The lowest BCUT2D eigenvalue weighted by atomic mass is 9.43. The average molecular weight is 377 g/mol. The van der Waals surface area contributed by atoms with Gasteiger partial charge in [-0.3, -0.25) is 0 Å². The lowest BCUT2D eigenvalue weighted by Crippen LogP contribution is -2.64. The maximum absolute atomic E-state index is 6.55. The first kappa shape index (κ1) is 17.7. The minimum Gasteiger partial charge on any atom is -0.348 e. The molecule has 0 aromatic rings. The molecule has 0 aromatic heterocycles. The molecule has 2 aliphatic heterocycles. The van der Waals surface area contributed by atoms with Gasteiger partial charge in [-0.1, -0.05) is 20.3 Å². The van der Waals surface area contributed by atoms with Crippen molar-refractivity contribution in [2.24, 2.45) is 34.5 Å². The fraction of sp³-hybridized carbons (Fsp3) is 1.00. The van der Waals surface area contributed by atoms with Crippen molar-refractivity contribution in [3.8, 4) is 0 Å². The zero-order chi connectivity index (χ0) is 18.3. The van der Waals surface area contributed by atoms with Crippen LogP contribution in [0.15, 0.2) is 0 Å². The van der Waals surface area contributed by atoms with Crippen LogP contribution in [0.5, 0.6) is 0 Å². The summed E-state index contributed by atoms with van der Waals surface area (Å²) in [6, 6.07) is 0. The molecule has 6 rings (SSSR count). The SMILES string of the molecule is C[C@]12CCC[C@@H]1[C@@H]1[C@H](CC2)[C@]2(C)CCC3(C[C@@H]2CC12OCCO2)OCCO3. The first-order valence-corrected chi connectivity index (χ1v) is 11.5. The molecular weight excluding hydrogens is 340 g/mol. The van der Waals surface area contributed by atoms with Gasteiger partial charge in [-0.25, -0.2) is 0 Å². The molecule has 27 heavy (non-hydrogen) atoms. The summed E-state index contributed by atoms with van der Waals surface area (Å²) in [5.41, 5.74) is 0.899. The molecular formula is C23H36O4. The quantitative estimate of drug-likeness (QED) is 0.623. The summed E-state index contributed by atoms with van der Waals surface area (Å²) in [7, 11) is 0. The zero-order valence-corrected chi connectivity index (χ0v) is 17.1. The van der Waals surface area contributed by atoms with Gasteiger partial charge in [0.25, 0.3) is 0 Å². The highest BCUT2D eigenvalue weighted by atomic mass is 16.7. The van der Waals surface area contributed by atoms with E-state index in [1.807, 2.05) is 0 Å². The first-order valence-electron chi connectivity index (χ1n) is 11.5. The van der Waals surface area contributed by atoms with Crippen molar-refractivity contribution in [2.75, 3.05) is 26.4 Å². The second kappa shape index (κ2) is 5.71. The molecule has 152 valence electrons. The number of fused-ring (bicyclic) bond motifs is 6. The van der Waals surface area contributed by atoms with Gasteiger partial charge in [0.15, 0.2) is 11.6 Å². The van der Waals surface area contributed by atoms with Crippen LogP contribution in [0.3, 0.4) is 0 Å². The van der Waals surface area contributed by atoms with Gasteiger partial charge in [0.1, 0.15) is 0 Å². The Morgan fingerprint density at radius 1 is 0.704 bits per heavy atom. The normalized spacial score (nSPS) is 52.7. The van der Waals surface area contributed by atoms with E-state index in [0.29, 0.717) is 22.7 Å². The third-order valence-corrected chi connectivity index (χ3v) is 10.1. The Morgan fingerprint density at radius 3 is 2.22 bits per heavy atom. The van der Waals surface area contributed by atoms with Gasteiger partial charge >= 0.3 is 0 Å². The molecule has 6 atom stereocenters. The summed E-state index contributed by atoms with van der Waals surface area (Å²) < 4.78 is 25.4. The summed E-state index contributed by atoms with van der Waals surface area (Å²) in [6.07, 6.45) is 11.3. The topological polar surface area (TPSA) is 36.9 Å². The third-order valence-electron chi connectivity index (χ3n) is 10.1. The largest absolute Gasteiger partial charge is 0.348 e. The smallest absolute Gasteiger partial charge is 0.172 e. The van der Waals surface area contributed by atoms with Crippen molar-refractivity contribution in [1.82, 2.24) is 0 Å². The standard InChI is InChI=1S/C23H36O4/c1-20-6-3-4-17(20)19-18(5-7-20)21(2)8-9-22(24-10-11-25-22)14-16(21)15-23(19)26-12-13-27-23/h16-19H,3-15H2,1-2H3/t16-,17-,18+,19-,20-,21-/m1/s1. The maximum atomic E-state index is 6.55. The van der Waals surface area contributed by atoms with Crippen LogP contribution in [0.2, 0.25) is 0 Å². The van der Waals surface area contributed by atoms with Crippen molar-refractivity contribution in [3.05, 3.63) is 0 Å². The van der Waals surface area contributed by atoms with Crippen LogP contribution in [0.4, 0.5) is 0 Å². The molecule has 0 aromatic carbocycles. The van der Waals surface area contributed by atoms with Crippen molar-refractivity contribution in [3.63, 3.8) is 0 Å². The predicted octanol–water partition coefficient (Wildman–Crippen LogP) is 4.52. The number of rotatable bonds is 0. The van der Waals surface area contributed by atoms with Gasteiger partial charge in [0.2, 0.25) is 0 Å². The summed E-state index contributed by atoms with van der Waals surface area (Å²) >= 11 is 0. The Kier molecular flexibility index (Phi) is 3.74. The fourth-order valence-corrected chi connectivity index (χ4v) is 8.67. The second-order valence-corrected chi connectivity index (χ2v) is 11.1. The van der Waals surface area contributed by atoms with Crippen LogP contribution >= 0.6 is 0 Å². The van der Waals surface area contributed by atoms with E-state index in [9.17, 15) is 0 Å². The molecule has 2 saturated heterocycles. The van der Waals surface area contributed by atoms with Crippen molar-refractivity contribution >= 4 is 0 Å². The van der Waals surface area contributed by atoms with E-state index in [-0.39, 0.29) is 11.6 Å². The first-order chi connectivity index (χ1) is 13.0. The fourth-order valence-electron chi connectivity index (χ4n) is 8.67. The van der Waals surface area contributed by atoms with Gasteiger partial charge in [-0.05, 0) is 60.7 Å². The highest BCUT2D eigenvalue weighted by Gasteiger charge is 2.68. The minimum absolute atomic E-state index is 0.312. The Balaban J connectivity index is 1.40. The third kappa shape index (κ3) is 2.30. The lowest BCUT2D eigenvalue weighted by molar-refractivity contribution is -0.314. The minimum atomic E-state index is -0.331. The number of hydrogen-bond acceptors (Lipinski definition) is 4. The van der Waals surface area contributed by atoms with Gasteiger partial charge in [0.05, 0.1) is 26.4 Å². The molecule has 4 aliphatic carbocycles. The van der Waals surface area contributed by atoms with Crippen LogP contribution < -0.4 is 0 Å². The molecule has 0 unspecified atom stereocenters. The van der Waals surface area contributed by atoms with E-state index in [2.05, 4.69) is 13.8 Å². The van der Waals surface area contributed by atoms with E-state index in [0.717, 1.165) is 57.5 Å². The molecule has 2 spiro atoms. The van der Waals surface area contributed by atoms with E-state index < -0.39 is 0 Å². The van der Waals surface area contributed by atoms with Crippen LogP contribution in [0.1, 0.15) is 71.6 Å². The summed E-state index contributed by atoms with van der Waals surface area (Å²) in [5.74, 6) is 2.03. The van der Waals surface area contributed by atoms with Crippen molar-refractivity contribution < 1.29 is 18.9 Å². The summed E-state index contributed by atoms with van der Waals surface area (Å²) in [4.78, 5) is 0.